The first-order valence-electron chi connectivity index (χ1n) is 6.27. The number of aryl methyl sites for hydroxylation is 1. The molecule has 0 amide bonds. The molecule has 0 atom stereocenters. The molecule has 0 saturated heterocycles. The minimum Gasteiger partial charge on any atom is -0.370 e. The van der Waals surface area contributed by atoms with Gasteiger partial charge in [0, 0.05) is 14.2 Å². The fourth-order valence-electron chi connectivity index (χ4n) is 2.63. The molecule has 1 aliphatic carbocycles. The summed E-state index contributed by atoms with van der Waals surface area (Å²) < 4.78 is 7.10. The maximum absolute atomic E-state index is 12.7. The molecule has 18 heavy (non-hydrogen) atoms. The van der Waals surface area contributed by atoms with Gasteiger partial charge in [0.05, 0.1) is 11.2 Å². The van der Waals surface area contributed by atoms with Crippen molar-refractivity contribution in [2.24, 2.45) is 13.0 Å². The van der Waals surface area contributed by atoms with Gasteiger partial charge in [-0.15, -0.1) is 0 Å². The number of carbonyl (C=O) groups excluding carboxylic acids is 1. The van der Waals surface area contributed by atoms with E-state index in [9.17, 15) is 4.79 Å². The summed E-state index contributed by atoms with van der Waals surface area (Å²) in [7, 11) is 3.34. The number of carbonyl (C=O) groups is 1. The first-order valence-corrected chi connectivity index (χ1v) is 6.65. The van der Waals surface area contributed by atoms with Crippen LogP contribution < -0.4 is 0 Å². The molecule has 0 aliphatic heterocycles. The van der Waals surface area contributed by atoms with Crippen LogP contribution in [0.2, 0.25) is 5.02 Å². The van der Waals surface area contributed by atoms with Gasteiger partial charge in [0.15, 0.2) is 0 Å². The van der Waals surface area contributed by atoms with Crippen molar-refractivity contribution in [1.82, 2.24) is 9.78 Å². The van der Waals surface area contributed by atoms with Gasteiger partial charge in [0.25, 0.3) is 0 Å². The number of ether oxygens (including phenoxy) is 1. The Balaban J connectivity index is 2.31. The zero-order valence-corrected chi connectivity index (χ0v) is 11.8. The van der Waals surface area contributed by atoms with E-state index in [0.29, 0.717) is 16.6 Å². The van der Waals surface area contributed by atoms with Gasteiger partial charge in [0.2, 0.25) is 5.78 Å². The van der Waals surface area contributed by atoms with E-state index < -0.39 is 5.60 Å². The predicted molar refractivity (Wildman–Crippen MR) is 69.9 cm³/mol. The highest BCUT2D eigenvalue weighted by Crippen LogP contribution is 2.37. The van der Waals surface area contributed by atoms with E-state index in [1.54, 1.807) is 14.2 Å². The Labute approximate surface area is 112 Å². The summed E-state index contributed by atoms with van der Waals surface area (Å²) in [6, 6.07) is 0. The number of hydrogen-bond acceptors (Lipinski definition) is 3. The van der Waals surface area contributed by atoms with Crippen LogP contribution in [0, 0.1) is 5.92 Å². The van der Waals surface area contributed by atoms with Gasteiger partial charge in [-0.1, -0.05) is 18.5 Å². The lowest BCUT2D eigenvalue weighted by Gasteiger charge is -2.36. The molecule has 0 N–H and O–H groups in total. The Kier molecular flexibility index (Phi) is 3.78. The third-order valence-corrected chi connectivity index (χ3v) is 4.27. The molecule has 1 saturated carbocycles. The van der Waals surface area contributed by atoms with Crippen molar-refractivity contribution in [2.75, 3.05) is 7.11 Å². The summed E-state index contributed by atoms with van der Waals surface area (Å²) in [4.78, 5) is 12.7. The second-order valence-corrected chi connectivity index (χ2v) is 5.58. The van der Waals surface area contributed by atoms with E-state index in [2.05, 4.69) is 12.0 Å². The zero-order chi connectivity index (χ0) is 13.3. The summed E-state index contributed by atoms with van der Waals surface area (Å²) in [5.74, 6) is 0.616. The first kappa shape index (κ1) is 13.6. The van der Waals surface area contributed by atoms with Crippen molar-refractivity contribution in [1.29, 1.82) is 0 Å². The average molecular weight is 271 g/mol. The Morgan fingerprint density at radius 1 is 1.56 bits per heavy atom. The molecule has 1 aromatic rings. The van der Waals surface area contributed by atoms with Crippen molar-refractivity contribution in [3.63, 3.8) is 0 Å². The van der Waals surface area contributed by atoms with E-state index in [1.165, 1.54) is 10.9 Å². The number of ketones is 1. The molecule has 1 fully saturated rings. The van der Waals surface area contributed by atoms with Gasteiger partial charge in [-0.3, -0.25) is 9.48 Å². The van der Waals surface area contributed by atoms with Crippen LogP contribution in [-0.4, -0.2) is 28.3 Å². The average Bonchev–Trinajstić information content (AvgIpc) is 2.70. The minimum absolute atomic E-state index is 0.0399. The zero-order valence-electron chi connectivity index (χ0n) is 11.1. The number of rotatable bonds is 3. The number of nitrogens with zero attached hydrogens (tertiary/aromatic N) is 2. The number of Topliss-reactive ketones (excluding diaryl/α,β-unsaturated/α-hetero) is 1. The molecule has 5 heteroatoms. The van der Waals surface area contributed by atoms with Gasteiger partial charge < -0.3 is 4.74 Å². The lowest BCUT2D eigenvalue weighted by molar-refractivity contribution is -0.0269. The lowest BCUT2D eigenvalue weighted by Crippen LogP contribution is -2.44. The van der Waals surface area contributed by atoms with Gasteiger partial charge >= 0.3 is 0 Å². The van der Waals surface area contributed by atoms with Crippen LogP contribution in [0.4, 0.5) is 0 Å². The van der Waals surface area contributed by atoms with Crippen LogP contribution in [-0.2, 0) is 11.8 Å². The van der Waals surface area contributed by atoms with E-state index in [0.717, 1.165) is 25.7 Å². The van der Waals surface area contributed by atoms with Gasteiger partial charge in [-0.05, 0) is 31.6 Å². The molecule has 1 aliphatic rings. The Bertz CT molecular complexity index is 428. The van der Waals surface area contributed by atoms with E-state index >= 15 is 0 Å². The highest BCUT2D eigenvalue weighted by molar-refractivity contribution is 6.34. The summed E-state index contributed by atoms with van der Waals surface area (Å²) in [6.07, 6.45) is 5.03. The van der Waals surface area contributed by atoms with Crippen LogP contribution in [0.5, 0.6) is 0 Å². The third kappa shape index (κ3) is 2.19. The van der Waals surface area contributed by atoms with Crippen LogP contribution in [0.15, 0.2) is 6.20 Å². The molecule has 1 heterocycles. The summed E-state index contributed by atoms with van der Waals surface area (Å²) in [6.45, 7) is 2.21. The van der Waals surface area contributed by atoms with Crippen LogP contribution in [0.1, 0.15) is 43.1 Å². The lowest BCUT2D eigenvalue weighted by atomic mass is 9.76. The molecular weight excluding hydrogens is 252 g/mol. The second kappa shape index (κ2) is 5.02. The quantitative estimate of drug-likeness (QED) is 0.794. The molecule has 0 aromatic carbocycles. The third-order valence-electron chi connectivity index (χ3n) is 4.00. The van der Waals surface area contributed by atoms with Gasteiger partial charge in [-0.2, -0.15) is 5.10 Å². The molecule has 1 aromatic heterocycles. The fourth-order valence-corrected chi connectivity index (χ4v) is 2.89. The molecule has 0 radical (unpaired) electrons. The van der Waals surface area contributed by atoms with E-state index in [1.807, 2.05) is 0 Å². The van der Waals surface area contributed by atoms with Crippen LogP contribution in [0.25, 0.3) is 0 Å². The van der Waals surface area contributed by atoms with Crippen molar-refractivity contribution in [3.05, 3.63) is 16.9 Å². The maximum Gasteiger partial charge on any atom is 0.214 e. The fraction of sp³-hybridized carbons (Fsp3) is 0.692. The van der Waals surface area contributed by atoms with Crippen molar-refractivity contribution >= 4 is 17.4 Å². The highest BCUT2D eigenvalue weighted by Gasteiger charge is 2.43. The Morgan fingerprint density at radius 3 is 2.61 bits per heavy atom. The summed E-state index contributed by atoms with van der Waals surface area (Å²) in [5, 5.41) is 4.42. The Hall–Kier alpha value is -0.870. The Morgan fingerprint density at radius 2 is 2.17 bits per heavy atom. The number of aromatic nitrogens is 2. The minimum atomic E-state index is -0.718. The predicted octanol–water partition coefficient (Wildman–Crippen LogP) is 2.85. The maximum atomic E-state index is 12.7. The molecule has 4 nitrogen and oxygen atoms in total. The van der Waals surface area contributed by atoms with Crippen LogP contribution >= 0.6 is 11.6 Å². The highest BCUT2D eigenvalue weighted by atomic mass is 35.5. The van der Waals surface area contributed by atoms with E-state index in [4.69, 9.17) is 16.3 Å². The van der Waals surface area contributed by atoms with E-state index in [-0.39, 0.29) is 5.78 Å². The molecule has 2 rings (SSSR count). The standard InChI is InChI=1S/C13H19ClN2O2/c1-9-4-6-13(18-3,7-5-9)12(17)11-10(14)8-15-16(11)2/h8-9H,4-7H2,1-3H3. The van der Waals surface area contributed by atoms with Crippen LogP contribution in [0.3, 0.4) is 0 Å². The molecule has 0 unspecified atom stereocenters. The molecule has 100 valence electrons. The number of hydrogen-bond donors (Lipinski definition) is 0. The SMILES string of the molecule is COC1(C(=O)c2c(Cl)cnn2C)CCC(C)CC1. The molecule has 0 bridgehead atoms. The summed E-state index contributed by atoms with van der Waals surface area (Å²) >= 11 is 6.05. The molecular formula is C13H19ClN2O2. The summed E-state index contributed by atoms with van der Waals surface area (Å²) in [5.41, 5.74) is -0.266. The normalized spacial score (nSPS) is 28.3. The van der Waals surface area contributed by atoms with Crippen molar-refractivity contribution < 1.29 is 9.53 Å². The topological polar surface area (TPSA) is 44.1 Å². The number of methoxy groups -OCH3 is 1. The van der Waals surface area contributed by atoms with Gasteiger partial charge in [-0.25, -0.2) is 0 Å². The first-order chi connectivity index (χ1) is 8.50. The smallest absolute Gasteiger partial charge is 0.214 e. The second-order valence-electron chi connectivity index (χ2n) is 5.17. The van der Waals surface area contributed by atoms with Crippen molar-refractivity contribution in [3.8, 4) is 0 Å². The largest absolute Gasteiger partial charge is 0.370 e. The van der Waals surface area contributed by atoms with Gasteiger partial charge in [0.1, 0.15) is 11.3 Å². The van der Waals surface area contributed by atoms with Crippen molar-refractivity contribution in [2.45, 2.75) is 38.2 Å². The monoisotopic (exact) mass is 270 g/mol. The number of halogens is 1. The molecule has 0 spiro atoms.